The van der Waals surface area contributed by atoms with E-state index < -0.39 is 6.04 Å². The van der Waals surface area contributed by atoms with Crippen LogP contribution in [0.3, 0.4) is 0 Å². The highest BCUT2D eigenvalue weighted by atomic mass is 16.3. The molecule has 7 heteroatoms. The Morgan fingerprint density at radius 3 is 2.91 bits per heavy atom. The van der Waals surface area contributed by atoms with Crippen molar-refractivity contribution >= 4 is 17.6 Å². The van der Waals surface area contributed by atoms with Crippen LogP contribution in [0.5, 0.6) is 0 Å². The van der Waals surface area contributed by atoms with E-state index in [1.165, 1.54) is 0 Å². The number of carbonyl (C=O) groups excluding carboxylic acids is 2. The molecule has 2 amide bonds. The van der Waals surface area contributed by atoms with E-state index >= 15 is 0 Å². The van der Waals surface area contributed by atoms with Gasteiger partial charge in [0.15, 0.2) is 5.82 Å². The molecule has 0 bridgehead atoms. The number of nitrogens with zero attached hydrogens (tertiary/aromatic N) is 3. The van der Waals surface area contributed by atoms with E-state index in [0.29, 0.717) is 31.0 Å². The van der Waals surface area contributed by atoms with Crippen LogP contribution in [0.2, 0.25) is 0 Å². The van der Waals surface area contributed by atoms with Gasteiger partial charge in [0.2, 0.25) is 11.8 Å². The molecule has 1 fully saturated rings. The number of nitrogens with one attached hydrogen (secondary N) is 1. The minimum absolute atomic E-state index is 0.0294. The first-order chi connectivity index (χ1) is 11.1. The van der Waals surface area contributed by atoms with Crippen molar-refractivity contribution in [3.05, 3.63) is 35.9 Å². The van der Waals surface area contributed by atoms with Gasteiger partial charge in [-0.3, -0.25) is 14.3 Å². The average molecular weight is 316 g/mol. The van der Waals surface area contributed by atoms with E-state index in [1.807, 2.05) is 26.0 Å². The number of anilines is 1. The maximum atomic E-state index is 12.5. The van der Waals surface area contributed by atoms with Crippen molar-refractivity contribution in [2.75, 3.05) is 5.32 Å². The molecule has 3 heterocycles. The summed E-state index contributed by atoms with van der Waals surface area (Å²) in [6.45, 7) is 4.88. The fourth-order valence-electron chi connectivity index (χ4n) is 2.76. The molecule has 0 radical (unpaired) electrons. The molecule has 3 rings (SSSR count). The van der Waals surface area contributed by atoms with Gasteiger partial charge in [-0.25, -0.2) is 0 Å². The molecule has 0 spiro atoms. The van der Waals surface area contributed by atoms with Gasteiger partial charge in [-0.2, -0.15) is 5.10 Å². The largest absolute Gasteiger partial charge is 0.464 e. The molecule has 7 nitrogen and oxygen atoms in total. The number of amides is 2. The monoisotopic (exact) mass is 316 g/mol. The Bertz CT molecular complexity index is 718. The maximum absolute atomic E-state index is 12.5. The molecular formula is C16H20N4O3. The number of likely N-dealkylation sites (tertiary alicyclic amines) is 1. The zero-order valence-corrected chi connectivity index (χ0v) is 13.3. The van der Waals surface area contributed by atoms with Crippen LogP contribution in [0.25, 0.3) is 0 Å². The van der Waals surface area contributed by atoms with E-state index in [2.05, 4.69) is 10.4 Å². The lowest BCUT2D eigenvalue weighted by molar-refractivity contribution is -0.134. The van der Waals surface area contributed by atoms with Gasteiger partial charge in [0.05, 0.1) is 6.54 Å². The molecule has 1 aliphatic rings. The Labute approximate surface area is 134 Å². The van der Waals surface area contributed by atoms with Gasteiger partial charge < -0.3 is 14.6 Å². The van der Waals surface area contributed by atoms with Crippen LogP contribution in [0, 0.1) is 6.92 Å². The predicted molar refractivity (Wildman–Crippen MR) is 83.5 cm³/mol. The molecule has 1 aliphatic heterocycles. The summed E-state index contributed by atoms with van der Waals surface area (Å²) in [6, 6.07) is 4.94. The fraction of sp³-hybridized carbons (Fsp3) is 0.438. The summed E-state index contributed by atoms with van der Waals surface area (Å²) >= 11 is 0. The first-order valence-corrected chi connectivity index (χ1v) is 7.76. The molecular weight excluding hydrogens is 296 g/mol. The van der Waals surface area contributed by atoms with Crippen molar-refractivity contribution in [3.8, 4) is 0 Å². The topological polar surface area (TPSA) is 80.4 Å². The van der Waals surface area contributed by atoms with Crippen molar-refractivity contribution in [2.45, 2.75) is 45.8 Å². The van der Waals surface area contributed by atoms with E-state index in [4.69, 9.17) is 4.42 Å². The van der Waals surface area contributed by atoms with E-state index in [9.17, 15) is 9.59 Å². The van der Waals surface area contributed by atoms with Gasteiger partial charge in [-0.1, -0.05) is 0 Å². The van der Waals surface area contributed by atoms with Gasteiger partial charge in [-0.15, -0.1) is 0 Å². The van der Waals surface area contributed by atoms with Gasteiger partial charge >= 0.3 is 0 Å². The zero-order valence-electron chi connectivity index (χ0n) is 13.3. The lowest BCUT2D eigenvalue weighted by atomic mass is 10.2. The average Bonchev–Trinajstić information content (AvgIpc) is 3.22. The highest BCUT2D eigenvalue weighted by Crippen LogP contribution is 2.23. The third-order valence-electron chi connectivity index (χ3n) is 3.97. The summed E-state index contributed by atoms with van der Waals surface area (Å²) in [5.41, 5.74) is 0. The number of aromatic nitrogens is 2. The first-order valence-electron chi connectivity index (χ1n) is 7.76. The second kappa shape index (κ2) is 6.28. The fourth-order valence-corrected chi connectivity index (χ4v) is 2.76. The Balaban J connectivity index is 1.69. The zero-order chi connectivity index (χ0) is 16.4. The molecule has 2 aromatic heterocycles. The highest BCUT2D eigenvalue weighted by Gasteiger charge is 2.36. The first kappa shape index (κ1) is 15.3. The van der Waals surface area contributed by atoms with Crippen LogP contribution in [0.1, 0.15) is 31.3 Å². The van der Waals surface area contributed by atoms with Crippen molar-refractivity contribution in [2.24, 2.45) is 0 Å². The minimum Gasteiger partial charge on any atom is -0.464 e. The van der Waals surface area contributed by atoms with Crippen molar-refractivity contribution < 1.29 is 14.0 Å². The summed E-state index contributed by atoms with van der Waals surface area (Å²) in [5, 5.41) is 7.02. The van der Waals surface area contributed by atoms with E-state index in [-0.39, 0.29) is 11.8 Å². The molecule has 0 unspecified atom stereocenters. The molecule has 2 aromatic rings. The number of rotatable bonds is 5. The summed E-state index contributed by atoms with van der Waals surface area (Å²) in [5.74, 6) is 1.74. The highest BCUT2D eigenvalue weighted by molar-refractivity contribution is 5.98. The van der Waals surface area contributed by atoms with Gasteiger partial charge in [0, 0.05) is 25.2 Å². The Kier molecular flexibility index (Phi) is 4.18. The standard InChI is InChI=1S/C16H20N4O3/c1-3-19-9-8-14(18-19)17-16(22)13-6-7-15(21)20(13)10-12-5-4-11(2)23-12/h4-5,8-9,13H,3,6-7,10H2,1-2H3,(H,17,18,22)/t13-/m1/s1. The SMILES string of the molecule is CCn1ccc(NC(=O)[C@H]2CCC(=O)N2Cc2ccc(C)o2)n1. The number of aryl methyl sites for hydroxylation is 2. The third kappa shape index (κ3) is 3.28. The van der Waals surface area contributed by atoms with Gasteiger partial charge in [0.25, 0.3) is 0 Å². The van der Waals surface area contributed by atoms with Crippen LogP contribution < -0.4 is 5.32 Å². The normalized spacial score (nSPS) is 17.7. The molecule has 122 valence electrons. The Morgan fingerprint density at radius 2 is 2.26 bits per heavy atom. The molecule has 0 aromatic carbocycles. The van der Waals surface area contributed by atoms with E-state index in [0.717, 1.165) is 12.3 Å². The third-order valence-corrected chi connectivity index (χ3v) is 3.97. The van der Waals surface area contributed by atoms with Crippen LogP contribution in [0.4, 0.5) is 5.82 Å². The quantitative estimate of drug-likeness (QED) is 0.914. The smallest absolute Gasteiger partial charge is 0.248 e. The maximum Gasteiger partial charge on any atom is 0.248 e. The Morgan fingerprint density at radius 1 is 1.43 bits per heavy atom. The van der Waals surface area contributed by atoms with Crippen molar-refractivity contribution in [1.29, 1.82) is 0 Å². The summed E-state index contributed by atoms with van der Waals surface area (Å²) in [7, 11) is 0. The molecule has 1 N–H and O–H groups in total. The minimum atomic E-state index is -0.486. The predicted octanol–water partition coefficient (Wildman–Crippen LogP) is 1.93. The number of carbonyl (C=O) groups is 2. The molecule has 1 atom stereocenters. The van der Waals surface area contributed by atoms with E-state index in [1.54, 1.807) is 21.8 Å². The lowest BCUT2D eigenvalue weighted by Gasteiger charge is -2.22. The van der Waals surface area contributed by atoms with Gasteiger partial charge in [-0.05, 0) is 32.4 Å². The van der Waals surface area contributed by atoms with Crippen molar-refractivity contribution in [1.82, 2.24) is 14.7 Å². The number of hydrogen-bond acceptors (Lipinski definition) is 4. The molecule has 1 saturated heterocycles. The summed E-state index contributed by atoms with van der Waals surface area (Å²) in [6.07, 6.45) is 2.69. The second-order valence-electron chi connectivity index (χ2n) is 5.63. The van der Waals surface area contributed by atoms with Crippen LogP contribution in [0.15, 0.2) is 28.8 Å². The lowest BCUT2D eigenvalue weighted by Crippen LogP contribution is -2.41. The summed E-state index contributed by atoms with van der Waals surface area (Å²) in [4.78, 5) is 26.1. The molecule has 23 heavy (non-hydrogen) atoms. The van der Waals surface area contributed by atoms with Crippen LogP contribution in [-0.2, 0) is 22.7 Å². The molecule has 0 saturated carbocycles. The number of furan rings is 1. The summed E-state index contributed by atoms with van der Waals surface area (Å²) < 4.78 is 7.25. The number of hydrogen-bond donors (Lipinski definition) is 1. The molecule has 0 aliphatic carbocycles. The van der Waals surface area contributed by atoms with Crippen LogP contribution in [-0.4, -0.2) is 32.5 Å². The van der Waals surface area contributed by atoms with Gasteiger partial charge in [0.1, 0.15) is 17.6 Å². The second-order valence-corrected chi connectivity index (χ2v) is 5.63. The van der Waals surface area contributed by atoms with Crippen molar-refractivity contribution in [3.63, 3.8) is 0 Å². The Hall–Kier alpha value is -2.57. The van der Waals surface area contributed by atoms with Crippen LogP contribution >= 0.6 is 0 Å².